The predicted octanol–water partition coefficient (Wildman–Crippen LogP) is 3.68. The van der Waals surface area contributed by atoms with Crippen LogP contribution in [0.4, 0.5) is 0 Å². The van der Waals surface area contributed by atoms with Crippen LogP contribution < -0.4 is 10.1 Å². The summed E-state index contributed by atoms with van der Waals surface area (Å²) in [6, 6.07) is 8.19. The Balaban J connectivity index is 2.06. The van der Waals surface area contributed by atoms with E-state index in [9.17, 15) is 0 Å². The monoisotopic (exact) mass is 285 g/mol. The van der Waals surface area contributed by atoms with Crippen molar-refractivity contribution < 1.29 is 4.74 Å². The molecule has 4 heteroatoms. The molecule has 0 bridgehead atoms. The molecule has 0 amide bonds. The zero-order valence-corrected chi connectivity index (χ0v) is 13.2. The quantitative estimate of drug-likeness (QED) is 0.879. The summed E-state index contributed by atoms with van der Waals surface area (Å²) in [4.78, 5) is 8.54. The Morgan fingerprint density at radius 2 is 1.81 bits per heavy atom. The summed E-state index contributed by atoms with van der Waals surface area (Å²) in [6.07, 6.45) is 4.47. The van der Waals surface area contributed by atoms with Crippen molar-refractivity contribution in [3.05, 3.63) is 47.9 Å². The van der Waals surface area contributed by atoms with Crippen molar-refractivity contribution in [2.45, 2.75) is 39.2 Å². The van der Waals surface area contributed by atoms with Crippen LogP contribution in [-0.2, 0) is 12.0 Å². The van der Waals surface area contributed by atoms with Gasteiger partial charge in [-0.05, 0) is 36.6 Å². The van der Waals surface area contributed by atoms with Crippen molar-refractivity contribution in [1.29, 1.82) is 0 Å². The highest BCUT2D eigenvalue weighted by Gasteiger charge is 2.17. The maximum Gasteiger partial charge on any atom is 0.237 e. The van der Waals surface area contributed by atoms with Gasteiger partial charge in [-0.2, -0.15) is 0 Å². The SMILES string of the molecule is CCC(C)(C)c1ccc(Oc2cnc(CNC)cn2)cc1. The lowest BCUT2D eigenvalue weighted by Gasteiger charge is -2.23. The molecule has 0 aliphatic heterocycles. The summed E-state index contributed by atoms with van der Waals surface area (Å²) in [7, 11) is 1.88. The molecular weight excluding hydrogens is 262 g/mol. The molecule has 1 N–H and O–H groups in total. The van der Waals surface area contributed by atoms with E-state index < -0.39 is 0 Å². The van der Waals surface area contributed by atoms with Crippen LogP contribution in [0.25, 0.3) is 0 Å². The number of hydrogen-bond acceptors (Lipinski definition) is 4. The Kier molecular flexibility index (Phi) is 4.91. The third-order valence-corrected chi connectivity index (χ3v) is 3.78. The van der Waals surface area contributed by atoms with Crippen LogP contribution in [0.15, 0.2) is 36.7 Å². The Morgan fingerprint density at radius 3 is 2.33 bits per heavy atom. The number of nitrogens with zero attached hydrogens (tertiary/aromatic N) is 2. The van der Waals surface area contributed by atoms with Crippen molar-refractivity contribution >= 4 is 0 Å². The summed E-state index contributed by atoms with van der Waals surface area (Å²) < 4.78 is 5.72. The summed E-state index contributed by atoms with van der Waals surface area (Å²) in [5, 5.41) is 3.04. The molecule has 4 nitrogen and oxygen atoms in total. The van der Waals surface area contributed by atoms with Gasteiger partial charge in [0, 0.05) is 6.54 Å². The first kappa shape index (κ1) is 15.4. The van der Waals surface area contributed by atoms with Crippen LogP contribution in [0.2, 0.25) is 0 Å². The highest BCUT2D eigenvalue weighted by molar-refractivity contribution is 5.33. The molecule has 1 aromatic heterocycles. The van der Waals surface area contributed by atoms with Crippen LogP contribution >= 0.6 is 0 Å². The first-order chi connectivity index (χ1) is 10.0. The molecule has 0 saturated heterocycles. The van der Waals surface area contributed by atoms with E-state index in [1.807, 2.05) is 19.2 Å². The van der Waals surface area contributed by atoms with Gasteiger partial charge < -0.3 is 10.1 Å². The number of rotatable bonds is 6. The van der Waals surface area contributed by atoms with E-state index in [2.05, 4.69) is 48.2 Å². The lowest BCUT2D eigenvalue weighted by Crippen LogP contribution is -2.14. The van der Waals surface area contributed by atoms with Gasteiger partial charge in [0.25, 0.3) is 0 Å². The molecule has 0 aliphatic carbocycles. The Morgan fingerprint density at radius 1 is 1.10 bits per heavy atom. The van der Waals surface area contributed by atoms with Crippen molar-refractivity contribution in [2.75, 3.05) is 7.05 Å². The second-order valence-electron chi connectivity index (χ2n) is 5.74. The van der Waals surface area contributed by atoms with Crippen LogP contribution in [0, 0.1) is 0 Å². The van der Waals surface area contributed by atoms with Crippen molar-refractivity contribution in [1.82, 2.24) is 15.3 Å². The van der Waals surface area contributed by atoms with Gasteiger partial charge in [0.15, 0.2) is 0 Å². The average Bonchev–Trinajstić information content (AvgIpc) is 2.50. The lowest BCUT2D eigenvalue weighted by atomic mass is 9.82. The van der Waals surface area contributed by atoms with Gasteiger partial charge >= 0.3 is 0 Å². The second-order valence-corrected chi connectivity index (χ2v) is 5.74. The standard InChI is InChI=1S/C17H23N3O/c1-5-17(2,3)13-6-8-15(9-7-13)21-16-12-19-14(10-18-4)11-20-16/h6-9,11-12,18H,5,10H2,1-4H3. The minimum absolute atomic E-state index is 0.188. The van der Waals surface area contributed by atoms with Crippen LogP contribution in [0.5, 0.6) is 11.6 Å². The van der Waals surface area contributed by atoms with E-state index in [-0.39, 0.29) is 5.41 Å². The molecule has 0 spiro atoms. The molecule has 0 fully saturated rings. The number of hydrogen-bond donors (Lipinski definition) is 1. The Labute approximate surface area is 126 Å². The number of aromatic nitrogens is 2. The Bertz CT molecular complexity index is 562. The van der Waals surface area contributed by atoms with Gasteiger partial charge in [0.05, 0.1) is 18.1 Å². The minimum atomic E-state index is 0.188. The zero-order valence-electron chi connectivity index (χ0n) is 13.2. The Hall–Kier alpha value is -1.94. The summed E-state index contributed by atoms with van der Waals surface area (Å²) in [5.74, 6) is 1.29. The van der Waals surface area contributed by atoms with Gasteiger partial charge in [-0.3, -0.25) is 4.98 Å². The second kappa shape index (κ2) is 6.68. The third kappa shape index (κ3) is 4.02. The summed E-state index contributed by atoms with van der Waals surface area (Å²) >= 11 is 0. The maximum atomic E-state index is 5.72. The van der Waals surface area contributed by atoms with E-state index in [0.29, 0.717) is 12.4 Å². The fourth-order valence-corrected chi connectivity index (χ4v) is 1.97. The van der Waals surface area contributed by atoms with Gasteiger partial charge in [0.2, 0.25) is 5.88 Å². The number of benzene rings is 1. The molecule has 1 aromatic carbocycles. The molecule has 2 aromatic rings. The van der Waals surface area contributed by atoms with E-state index in [0.717, 1.165) is 17.9 Å². The highest BCUT2D eigenvalue weighted by Crippen LogP contribution is 2.29. The van der Waals surface area contributed by atoms with Gasteiger partial charge in [-0.15, -0.1) is 0 Å². The number of ether oxygens (including phenoxy) is 1. The fraction of sp³-hybridized carbons (Fsp3) is 0.412. The van der Waals surface area contributed by atoms with E-state index in [4.69, 9.17) is 4.74 Å². The molecule has 0 radical (unpaired) electrons. The molecular formula is C17H23N3O. The van der Waals surface area contributed by atoms with E-state index in [1.54, 1.807) is 12.4 Å². The first-order valence-corrected chi connectivity index (χ1v) is 7.29. The minimum Gasteiger partial charge on any atom is -0.438 e. The van der Waals surface area contributed by atoms with E-state index >= 15 is 0 Å². The van der Waals surface area contributed by atoms with Crippen molar-refractivity contribution in [3.63, 3.8) is 0 Å². The maximum absolute atomic E-state index is 5.72. The van der Waals surface area contributed by atoms with Crippen LogP contribution in [0.1, 0.15) is 38.4 Å². The van der Waals surface area contributed by atoms with Crippen molar-refractivity contribution in [2.24, 2.45) is 0 Å². The van der Waals surface area contributed by atoms with Gasteiger partial charge in [-0.1, -0.05) is 32.9 Å². The van der Waals surface area contributed by atoms with Gasteiger partial charge in [0.1, 0.15) is 5.75 Å². The van der Waals surface area contributed by atoms with Crippen molar-refractivity contribution in [3.8, 4) is 11.6 Å². The van der Waals surface area contributed by atoms with Crippen LogP contribution in [0.3, 0.4) is 0 Å². The molecule has 1 heterocycles. The molecule has 0 aliphatic rings. The van der Waals surface area contributed by atoms with Crippen LogP contribution in [-0.4, -0.2) is 17.0 Å². The first-order valence-electron chi connectivity index (χ1n) is 7.29. The molecule has 0 unspecified atom stereocenters. The molecule has 2 rings (SSSR count). The average molecular weight is 285 g/mol. The topological polar surface area (TPSA) is 47.0 Å². The predicted molar refractivity (Wildman–Crippen MR) is 84.6 cm³/mol. The summed E-state index contributed by atoms with van der Waals surface area (Å²) in [5.41, 5.74) is 2.39. The zero-order chi connectivity index (χ0) is 15.3. The number of nitrogens with one attached hydrogen (secondary N) is 1. The molecule has 21 heavy (non-hydrogen) atoms. The normalized spacial score (nSPS) is 11.4. The highest BCUT2D eigenvalue weighted by atomic mass is 16.5. The van der Waals surface area contributed by atoms with E-state index in [1.165, 1.54) is 5.56 Å². The molecule has 0 atom stereocenters. The fourth-order valence-electron chi connectivity index (χ4n) is 1.97. The van der Waals surface area contributed by atoms with Gasteiger partial charge in [-0.25, -0.2) is 4.98 Å². The smallest absolute Gasteiger partial charge is 0.237 e. The lowest BCUT2D eigenvalue weighted by molar-refractivity contribution is 0.456. The largest absolute Gasteiger partial charge is 0.438 e. The molecule has 112 valence electrons. The third-order valence-electron chi connectivity index (χ3n) is 3.78. The summed E-state index contributed by atoms with van der Waals surface area (Å²) in [6.45, 7) is 7.39. The molecule has 0 saturated carbocycles.